The average Bonchev–Trinajstić information content (AvgIpc) is 2.39. The molecule has 0 saturated heterocycles. The smallest absolute Gasteiger partial charge is 0.337 e. The minimum Gasteiger partial charge on any atom is -0.478 e. The van der Waals surface area contributed by atoms with E-state index in [4.69, 9.17) is 10.8 Å². The van der Waals surface area contributed by atoms with Crippen molar-refractivity contribution in [3.05, 3.63) is 53.6 Å². The Balaban J connectivity index is 2.41. The lowest BCUT2D eigenvalue weighted by molar-refractivity contribution is 0.0698. The van der Waals surface area contributed by atoms with Gasteiger partial charge in [-0.15, -0.1) is 0 Å². The second-order valence-corrected chi connectivity index (χ2v) is 4.88. The van der Waals surface area contributed by atoms with Crippen LogP contribution in [0.5, 0.6) is 0 Å². The summed E-state index contributed by atoms with van der Waals surface area (Å²) in [6, 6.07) is 13.2. The highest BCUT2D eigenvalue weighted by Crippen LogP contribution is 2.25. The Hall–Kier alpha value is -2.29. The average molecular weight is 255 g/mol. The lowest BCUT2D eigenvalue weighted by Gasteiger charge is -2.08. The van der Waals surface area contributed by atoms with Crippen molar-refractivity contribution in [2.45, 2.75) is 19.8 Å². The summed E-state index contributed by atoms with van der Waals surface area (Å²) in [5, 5.41) is 9.07. The normalized spacial score (nSPS) is 10.7. The molecule has 98 valence electrons. The van der Waals surface area contributed by atoms with E-state index in [-0.39, 0.29) is 11.3 Å². The van der Waals surface area contributed by atoms with Crippen LogP contribution in [0.25, 0.3) is 11.1 Å². The monoisotopic (exact) mass is 255 g/mol. The number of hydrogen-bond acceptors (Lipinski definition) is 2. The molecule has 2 aromatic rings. The minimum atomic E-state index is -1.00. The van der Waals surface area contributed by atoms with E-state index in [0.717, 1.165) is 11.1 Å². The van der Waals surface area contributed by atoms with Crippen molar-refractivity contribution in [2.75, 3.05) is 5.73 Å². The summed E-state index contributed by atoms with van der Waals surface area (Å²) >= 11 is 0. The fourth-order valence-corrected chi connectivity index (χ4v) is 1.98. The summed E-state index contributed by atoms with van der Waals surface area (Å²) in [7, 11) is 0. The Morgan fingerprint density at radius 1 is 1.05 bits per heavy atom. The molecule has 0 unspecified atom stereocenters. The van der Waals surface area contributed by atoms with Gasteiger partial charge in [0.05, 0.1) is 5.56 Å². The summed E-state index contributed by atoms with van der Waals surface area (Å²) in [6.45, 7) is 4.28. The Kier molecular flexibility index (Phi) is 3.56. The zero-order valence-corrected chi connectivity index (χ0v) is 11.1. The maximum Gasteiger partial charge on any atom is 0.337 e. The first kappa shape index (κ1) is 13.1. The van der Waals surface area contributed by atoms with Crippen LogP contribution in [0.2, 0.25) is 0 Å². The van der Waals surface area contributed by atoms with Gasteiger partial charge in [0, 0.05) is 5.69 Å². The van der Waals surface area contributed by atoms with E-state index in [2.05, 4.69) is 26.0 Å². The Morgan fingerprint density at radius 2 is 1.63 bits per heavy atom. The van der Waals surface area contributed by atoms with E-state index < -0.39 is 5.97 Å². The molecule has 0 bridgehead atoms. The fraction of sp³-hybridized carbons (Fsp3) is 0.188. The molecule has 0 aliphatic rings. The Morgan fingerprint density at radius 3 is 2.16 bits per heavy atom. The van der Waals surface area contributed by atoms with Crippen molar-refractivity contribution < 1.29 is 9.90 Å². The molecule has 0 aliphatic heterocycles. The summed E-state index contributed by atoms with van der Waals surface area (Å²) in [5.41, 5.74) is 9.20. The van der Waals surface area contributed by atoms with Crippen molar-refractivity contribution in [3.63, 3.8) is 0 Å². The first-order chi connectivity index (χ1) is 8.99. The molecule has 3 nitrogen and oxygen atoms in total. The van der Waals surface area contributed by atoms with Gasteiger partial charge in [0.2, 0.25) is 0 Å². The van der Waals surface area contributed by atoms with Gasteiger partial charge in [-0.2, -0.15) is 0 Å². The predicted octanol–water partition coefficient (Wildman–Crippen LogP) is 3.76. The van der Waals surface area contributed by atoms with Crippen LogP contribution in [-0.2, 0) is 0 Å². The highest BCUT2D eigenvalue weighted by Gasteiger charge is 2.09. The molecule has 0 aliphatic carbocycles. The molecule has 19 heavy (non-hydrogen) atoms. The summed E-state index contributed by atoms with van der Waals surface area (Å²) in [4.78, 5) is 11.1. The molecule has 0 aromatic heterocycles. The van der Waals surface area contributed by atoms with Crippen LogP contribution in [0.15, 0.2) is 42.5 Å². The van der Waals surface area contributed by atoms with Gasteiger partial charge in [0.15, 0.2) is 0 Å². The first-order valence-corrected chi connectivity index (χ1v) is 6.22. The predicted molar refractivity (Wildman–Crippen MR) is 77.3 cm³/mol. The summed E-state index contributed by atoms with van der Waals surface area (Å²) in [5.74, 6) is -0.520. The first-order valence-electron chi connectivity index (χ1n) is 6.22. The van der Waals surface area contributed by atoms with Crippen LogP contribution in [0.3, 0.4) is 0 Å². The second kappa shape index (κ2) is 5.14. The molecule has 0 atom stereocenters. The number of carboxylic acid groups (broad SMARTS) is 1. The number of nitrogens with two attached hydrogens (primary N) is 1. The third kappa shape index (κ3) is 2.76. The number of carboxylic acids is 1. The molecule has 0 spiro atoms. The quantitative estimate of drug-likeness (QED) is 0.821. The highest BCUT2D eigenvalue weighted by molar-refractivity contribution is 5.95. The van der Waals surface area contributed by atoms with Gasteiger partial charge in [0.1, 0.15) is 0 Å². The lowest BCUT2D eigenvalue weighted by Crippen LogP contribution is -2.02. The molecule has 2 aromatic carbocycles. The number of hydrogen-bond donors (Lipinski definition) is 2. The number of nitrogen functional groups attached to an aromatic ring is 1. The molecule has 0 saturated carbocycles. The Bertz CT molecular complexity index is 601. The van der Waals surface area contributed by atoms with Crippen LogP contribution in [0.1, 0.15) is 35.7 Å². The van der Waals surface area contributed by atoms with Crippen LogP contribution in [0, 0.1) is 0 Å². The van der Waals surface area contributed by atoms with E-state index in [1.807, 2.05) is 18.2 Å². The highest BCUT2D eigenvalue weighted by atomic mass is 16.4. The summed E-state index contributed by atoms with van der Waals surface area (Å²) < 4.78 is 0. The van der Waals surface area contributed by atoms with Gasteiger partial charge in [-0.1, -0.05) is 44.2 Å². The number of benzene rings is 2. The minimum absolute atomic E-state index is 0.144. The molecular formula is C16H17NO2. The largest absolute Gasteiger partial charge is 0.478 e. The van der Waals surface area contributed by atoms with Gasteiger partial charge in [-0.25, -0.2) is 4.79 Å². The molecule has 0 fully saturated rings. The molecule has 3 heteroatoms. The van der Waals surface area contributed by atoms with E-state index in [9.17, 15) is 4.79 Å². The van der Waals surface area contributed by atoms with Crippen molar-refractivity contribution in [1.29, 1.82) is 0 Å². The molecular weight excluding hydrogens is 238 g/mol. The van der Waals surface area contributed by atoms with Gasteiger partial charge in [0.25, 0.3) is 0 Å². The Labute approximate surface area is 112 Å². The van der Waals surface area contributed by atoms with E-state index in [0.29, 0.717) is 5.92 Å². The molecule has 0 heterocycles. The third-order valence-electron chi connectivity index (χ3n) is 3.19. The van der Waals surface area contributed by atoms with Gasteiger partial charge in [-0.3, -0.25) is 0 Å². The zero-order chi connectivity index (χ0) is 14.0. The van der Waals surface area contributed by atoms with Crippen LogP contribution >= 0.6 is 0 Å². The molecule has 2 rings (SSSR count). The van der Waals surface area contributed by atoms with Crippen molar-refractivity contribution in [1.82, 2.24) is 0 Å². The van der Waals surface area contributed by atoms with Crippen LogP contribution in [-0.4, -0.2) is 11.1 Å². The maximum atomic E-state index is 11.1. The van der Waals surface area contributed by atoms with Crippen molar-refractivity contribution in [2.24, 2.45) is 0 Å². The molecule has 0 amide bonds. The number of rotatable bonds is 3. The van der Waals surface area contributed by atoms with Gasteiger partial charge in [-0.05, 0) is 34.7 Å². The standard InChI is InChI=1S/C16H17NO2/c1-10(2)11-3-5-12(6-4-11)13-7-8-15(17)14(9-13)16(18)19/h3-10H,17H2,1-2H3,(H,18,19). The second-order valence-electron chi connectivity index (χ2n) is 4.88. The van der Waals surface area contributed by atoms with E-state index >= 15 is 0 Å². The SMILES string of the molecule is CC(C)c1ccc(-c2ccc(N)c(C(=O)O)c2)cc1. The number of carbonyl (C=O) groups is 1. The fourth-order valence-electron chi connectivity index (χ4n) is 1.98. The van der Waals surface area contributed by atoms with Crippen LogP contribution in [0.4, 0.5) is 5.69 Å². The number of aromatic carboxylic acids is 1. The van der Waals surface area contributed by atoms with Crippen molar-refractivity contribution >= 4 is 11.7 Å². The van der Waals surface area contributed by atoms with E-state index in [1.54, 1.807) is 12.1 Å². The van der Waals surface area contributed by atoms with Gasteiger partial charge >= 0.3 is 5.97 Å². The topological polar surface area (TPSA) is 63.3 Å². The molecule has 3 N–H and O–H groups in total. The van der Waals surface area contributed by atoms with E-state index in [1.165, 1.54) is 5.56 Å². The molecule has 0 radical (unpaired) electrons. The lowest BCUT2D eigenvalue weighted by atomic mass is 9.97. The van der Waals surface area contributed by atoms with Crippen LogP contribution < -0.4 is 5.73 Å². The van der Waals surface area contributed by atoms with Gasteiger partial charge < -0.3 is 10.8 Å². The zero-order valence-electron chi connectivity index (χ0n) is 11.1. The number of anilines is 1. The van der Waals surface area contributed by atoms with Crippen molar-refractivity contribution in [3.8, 4) is 11.1 Å². The summed E-state index contributed by atoms with van der Waals surface area (Å²) in [6.07, 6.45) is 0. The maximum absolute atomic E-state index is 11.1. The third-order valence-corrected chi connectivity index (χ3v) is 3.19.